The van der Waals surface area contributed by atoms with Crippen LogP contribution in [-0.2, 0) is 5.88 Å². The lowest BCUT2D eigenvalue weighted by atomic mass is 9.82. The second-order valence-electron chi connectivity index (χ2n) is 5.56. The number of alkyl halides is 1. The first-order chi connectivity index (χ1) is 8.02. The van der Waals surface area contributed by atoms with Crippen LogP contribution in [0.5, 0.6) is 0 Å². The number of halogens is 2. The maximum atomic E-state index is 6.19. The number of nitrogens with zero attached hydrogens (tertiary/aromatic N) is 1. The summed E-state index contributed by atoms with van der Waals surface area (Å²) in [7, 11) is 0. The van der Waals surface area contributed by atoms with Gasteiger partial charge in [-0.05, 0) is 36.0 Å². The van der Waals surface area contributed by atoms with Crippen LogP contribution in [0.25, 0.3) is 0 Å². The molecule has 0 N–H and O–H groups in total. The van der Waals surface area contributed by atoms with Crippen LogP contribution in [0.3, 0.4) is 0 Å². The largest absolute Gasteiger partial charge is 0.371 e. The molecule has 3 heteroatoms. The Morgan fingerprint density at radius 1 is 1.24 bits per heavy atom. The third-order valence-electron chi connectivity index (χ3n) is 3.66. The summed E-state index contributed by atoms with van der Waals surface area (Å²) in [6.45, 7) is 6.91. The lowest BCUT2D eigenvalue weighted by Gasteiger charge is -2.38. The van der Waals surface area contributed by atoms with Crippen LogP contribution >= 0.6 is 23.2 Å². The zero-order valence-corrected chi connectivity index (χ0v) is 12.0. The summed E-state index contributed by atoms with van der Waals surface area (Å²) < 4.78 is 0. The molecule has 1 aromatic rings. The van der Waals surface area contributed by atoms with Gasteiger partial charge in [0.25, 0.3) is 0 Å². The topological polar surface area (TPSA) is 3.24 Å². The van der Waals surface area contributed by atoms with E-state index in [9.17, 15) is 0 Å². The summed E-state index contributed by atoms with van der Waals surface area (Å²) in [5.41, 5.74) is 2.71. The third-order valence-corrected chi connectivity index (χ3v) is 4.30. The molecule has 0 aliphatic carbocycles. The molecule has 0 radical (unpaired) electrons. The molecule has 0 spiro atoms. The van der Waals surface area contributed by atoms with Crippen molar-refractivity contribution in [3.8, 4) is 0 Å². The molecule has 0 aromatic heterocycles. The van der Waals surface area contributed by atoms with Crippen LogP contribution in [0, 0.1) is 5.41 Å². The van der Waals surface area contributed by atoms with Crippen LogP contribution in [-0.4, -0.2) is 13.1 Å². The van der Waals surface area contributed by atoms with E-state index in [1.165, 1.54) is 18.5 Å². The number of hydrogen-bond donors (Lipinski definition) is 0. The van der Waals surface area contributed by atoms with Gasteiger partial charge in [-0.2, -0.15) is 0 Å². The van der Waals surface area contributed by atoms with E-state index in [-0.39, 0.29) is 0 Å². The lowest BCUT2D eigenvalue weighted by Crippen LogP contribution is -2.37. The van der Waals surface area contributed by atoms with Crippen molar-refractivity contribution in [1.82, 2.24) is 0 Å². The average molecular weight is 272 g/mol. The number of hydrogen-bond acceptors (Lipinski definition) is 1. The first-order valence-corrected chi connectivity index (χ1v) is 7.02. The van der Waals surface area contributed by atoms with E-state index in [1.807, 2.05) is 12.1 Å². The van der Waals surface area contributed by atoms with Gasteiger partial charge in [0.1, 0.15) is 0 Å². The van der Waals surface area contributed by atoms with Crippen molar-refractivity contribution in [1.29, 1.82) is 0 Å². The summed E-state index contributed by atoms with van der Waals surface area (Å²) >= 11 is 12.0. The first kappa shape index (κ1) is 13.0. The Morgan fingerprint density at radius 3 is 2.41 bits per heavy atom. The Morgan fingerprint density at radius 2 is 1.88 bits per heavy atom. The zero-order chi connectivity index (χ0) is 12.5. The minimum atomic E-state index is 0.478. The monoisotopic (exact) mass is 271 g/mol. The fourth-order valence-corrected chi connectivity index (χ4v) is 2.75. The van der Waals surface area contributed by atoms with Crippen molar-refractivity contribution in [2.45, 2.75) is 32.6 Å². The van der Waals surface area contributed by atoms with Gasteiger partial charge in [-0.1, -0.05) is 31.5 Å². The molecule has 0 amide bonds. The smallest absolute Gasteiger partial charge is 0.0488 e. The van der Waals surface area contributed by atoms with Gasteiger partial charge in [0.15, 0.2) is 0 Å². The fourth-order valence-electron chi connectivity index (χ4n) is 2.21. The predicted octanol–water partition coefficient (Wildman–Crippen LogP) is 4.71. The highest BCUT2D eigenvalue weighted by atomic mass is 35.5. The minimum absolute atomic E-state index is 0.478. The summed E-state index contributed by atoms with van der Waals surface area (Å²) in [5.74, 6) is 0.478. The van der Waals surface area contributed by atoms with E-state index in [2.05, 4.69) is 24.8 Å². The average Bonchev–Trinajstić information content (AvgIpc) is 2.29. The van der Waals surface area contributed by atoms with E-state index in [0.717, 1.165) is 23.7 Å². The van der Waals surface area contributed by atoms with Crippen molar-refractivity contribution in [2.75, 3.05) is 18.0 Å². The molecular weight excluding hydrogens is 253 g/mol. The summed E-state index contributed by atoms with van der Waals surface area (Å²) in [4.78, 5) is 2.41. The molecular formula is C14H19Cl2N. The van der Waals surface area contributed by atoms with Gasteiger partial charge in [0.05, 0.1) is 0 Å². The third kappa shape index (κ3) is 3.08. The molecule has 1 aliphatic heterocycles. The molecule has 0 atom stereocenters. The van der Waals surface area contributed by atoms with Crippen molar-refractivity contribution in [2.24, 2.45) is 5.41 Å². The molecule has 1 nitrogen and oxygen atoms in total. The number of anilines is 1. The first-order valence-electron chi connectivity index (χ1n) is 6.11. The SMILES string of the molecule is CC1(C)CCN(c2ccc(CCl)c(Cl)c2)CC1. The fraction of sp³-hybridized carbons (Fsp3) is 0.571. The second kappa shape index (κ2) is 5.07. The minimum Gasteiger partial charge on any atom is -0.371 e. The highest BCUT2D eigenvalue weighted by molar-refractivity contribution is 6.32. The molecule has 0 bridgehead atoms. The van der Waals surface area contributed by atoms with Crippen LogP contribution in [0.15, 0.2) is 18.2 Å². The second-order valence-corrected chi connectivity index (χ2v) is 6.24. The Bertz CT molecular complexity index is 391. The molecule has 0 unspecified atom stereocenters. The molecule has 1 fully saturated rings. The van der Waals surface area contributed by atoms with Gasteiger partial charge in [-0.25, -0.2) is 0 Å². The van der Waals surface area contributed by atoms with E-state index >= 15 is 0 Å². The van der Waals surface area contributed by atoms with Crippen LogP contribution in [0.1, 0.15) is 32.3 Å². The van der Waals surface area contributed by atoms with Crippen molar-refractivity contribution < 1.29 is 0 Å². The summed E-state index contributed by atoms with van der Waals surface area (Å²) in [6, 6.07) is 6.20. The van der Waals surface area contributed by atoms with Gasteiger partial charge in [-0.3, -0.25) is 0 Å². The van der Waals surface area contributed by atoms with Crippen molar-refractivity contribution in [3.05, 3.63) is 28.8 Å². The zero-order valence-electron chi connectivity index (χ0n) is 10.5. The lowest BCUT2D eigenvalue weighted by molar-refractivity contribution is 0.280. The van der Waals surface area contributed by atoms with Gasteiger partial charge in [-0.15, -0.1) is 11.6 Å². The molecule has 1 aromatic carbocycles. The Kier molecular flexibility index (Phi) is 3.89. The molecule has 1 saturated heterocycles. The molecule has 1 heterocycles. The van der Waals surface area contributed by atoms with Crippen molar-refractivity contribution in [3.63, 3.8) is 0 Å². The molecule has 0 saturated carbocycles. The Hall–Kier alpha value is -0.400. The molecule has 17 heavy (non-hydrogen) atoms. The number of rotatable bonds is 2. The molecule has 1 aliphatic rings. The summed E-state index contributed by atoms with van der Waals surface area (Å²) in [5, 5.41) is 0.780. The maximum absolute atomic E-state index is 6.19. The Labute approximate surface area is 114 Å². The number of benzene rings is 1. The highest BCUT2D eigenvalue weighted by Crippen LogP contribution is 2.33. The quantitative estimate of drug-likeness (QED) is 0.705. The highest BCUT2D eigenvalue weighted by Gasteiger charge is 2.25. The maximum Gasteiger partial charge on any atom is 0.0488 e. The van der Waals surface area contributed by atoms with Crippen LogP contribution < -0.4 is 4.90 Å². The van der Waals surface area contributed by atoms with E-state index in [4.69, 9.17) is 23.2 Å². The van der Waals surface area contributed by atoms with Gasteiger partial charge < -0.3 is 4.90 Å². The van der Waals surface area contributed by atoms with E-state index in [1.54, 1.807) is 0 Å². The molecule has 2 rings (SSSR count). The van der Waals surface area contributed by atoms with Gasteiger partial charge in [0, 0.05) is 29.7 Å². The van der Waals surface area contributed by atoms with Crippen molar-refractivity contribution >= 4 is 28.9 Å². The van der Waals surface area contributed by atoms with Crippen LogP contribution in [0.2, 0.25) is 5.02 Å². The normalized spacial score (nSPS) is 19.4. The van der Waals surface area contributed by atoms with E-state index < -0.39 is 0 Å². The number of piperidine rings is 1. The molecule has 94 valence electrons. The predicted molar refractivity (Wildman–Crippen MR) is 76.2 cm³/mol. The standard InChI is InChI=1S/C14H19Cl2N/c1-14(2)5-7-17(8-6-14)12-4-3-11(10-15)13(16)9-12/h3-4,9H,5-8,10H2,1-2H3. The van der Waals surface area contributed by atoms with E-state index in [0.29, 0.717) is 11.3 Å². The Balaban J connectivity index is 2.11. The summed E-state index contributed by atoms with van der Waals surface area (Å²) in [6.07, 6.45) is 2.48. The van der Waals surface area contributed by atoms with Gasteiger partial charge in [0.2, 0.25) is 0 Å². The van der Waals surface area contributed by atoms with Gasteiger partial charge >= 0.3 is 0 Å². The van der Waals surface area contributed by atoms with Crippen LogP contribution in [0.4, 0.5) is 5.69 Å².